The minimum absolute atomic E-state index is 0. The summed E-state index contributed by atoms with van der Waals surface area (Å²) in [7, 11) is 0. The Balaban J connectivity index is 0.00000169. The van der Waals surface area contributed by atoms with Crippen molar-refractivity contribution in [2.45, 2.75) is 38.5 Å². The fourth-order valence-electron chi connectivity index (χ4n) is 3.42. The molecular formula is C22H30Cl2N2. The molecule has 4 heteroatoms. The summed E-state index contributed by atoms with van der Waals surface area (Å²) >= 11 is 0. The lowest BCUT2D eigenvalue weighted by Crippen LogP contribution is -2.29. The Morgan fingerprint density at radius 1 is 0.654 bits per heavy atom. The predicted octanol–water partition coefficient (Wildman–Crippen LogP) is 4.21. The number of nitrogens with zero attached hydrogens (tertiary/aromatic N) is 2. The highest BCUT2D eigenvalue weighted by molar-refractivity contribution is 5.85. The van der Waals surface area contributed by atoms with Crippen molar-refractivity contribution in [2.75, 3.05) is 39.3 Å². The highest BCUT2D eigenvalue weighted by Gasteiger charge is 2.08. The molecule has 0 spiro atoms. The van der Waals surface area contributed by atoms with Crippen molar-refractivity contribution >= 4 is 24.8 Å². The van der Waals surface area contributed by atoms with Crippen LogP contribution in [0.3, 0.4) is 0 Å². The van der Waals surface area contributed by atoms with Gasteiger partial charge in [0, 0.05) is 11.1 Å². The first-order valence-corrected chi connectivity index (χ1v) is 9.43. The zero-order chi connectivity index (χ0) is 16.5. The minimum Gasteiger partial charge on any atom is -0.292 e. The van der Waals surface area contributed by atoms with E-state index in [2.05, 4.69) is 57.7 Å². The lowest BCUT2D eigenvalue weighted by atomic mass is 10.1. The molecule has 1 aromatic rings. The second-order valence-electron chi connectivity index (χ2n) is 6.86. The van der Waals surface area contributed by atoms with Gasteiger partial charge in [0.25, 0.3) is 0 Å². The topological polar surface area (TPSA) is 6.48 Å². The van der Waals surface area contributed by atoms with Crippen LogP contribution in [0.15, 0.2) is 24.3 Å². The summed E-state index contributed by atoms with van der Waals surface area (Å²) in [5.41, 5.74) is 2.16. The first kappa shape index (κ1) is 22.9. The summed E-state index contributed by atoms with van der Waals surface area (Å²) < 4.78 is 0. The second kappa shape index (κ2) is 13.1. The molecule has 0 N–H and O–H groups in total. The molecule has 0 saturated carbocycles. The van der Waals surface area contributed by atoms with Gasteiger partial charge < -0.3 is 0 Å². The molecule has 0 bridgehead atoms. The number of hydrogen-bond acceptors (Lipinski definition) is 2. The lowest BCUT2D eigenvalue weighted by Gasteiger charge is -2.23. The summed E-state index contributed by atoms with van der Waals surface area (Å²) in [6, 6.07) is 8.35. The van der Waals surface area contributed by atoms with Gasteiger partial charge in [-0.1, -0.05) is 42.6 Å². The Bertz CT molecular complexity index is 586. The normalized spacial score (nSPS) is 17.5. The van der Waals surface area contributed by atoms with Gasteiger partial charge in [-0.15, -0.1) is 24.8 Å². The van der Waals surface area contributed by atoms with Crippen LogP contribution in [0.1, 0.15) is 49.7 Å². The van der Waals surface area contributed by atoms with Gasteiger partial charge in [-0.2, -0.15) is 0 Å². The van der Waals surface area contributed by atoms with E-state index in [1.165, 1.54) is 64.7 Å². The molecule has 0 aromatic heterocycles. The van der Waals surface area contributed by atoms with Crippen molar-refractivity contribution < 1.29 is 0 Å². The molecule has 142 valence electrons. The number of piperidine rings is 2. The number of benzene rings is 1. The van der Waals surface area contributed by atoms with Crippen LogP contribution in [0.2, 0.25) is 0 Å². The molecule has 26 heavy (non-hydrogen) atoms. The van der Waals surface area contributed by atoms with E-state index in [9.17, 15) is 0 Å². The van der Waals surface area contributed by atoms with E-state index < -0.39 is 0 Å². The van der Waals surface area contributed by atoms with Crippen molar-refractivity contribution in [3.05, 3.63) is 35.4 Å². The van der Waals surface area contributed by atoms with Gasteiger partial charge in [-0.05, 0) is 70.1 Å². The maximum absolute atomic E-state index is 3.33. The van der Waals surface area contributed by atoms with Crippen LogP contribution in [0.5, 0.6) is 0 Å². The molecule has 0 aliphatic carbocycles. The highest BCUT2D eigenvalue weighted by Crippen LogP contribution is 2.08. The van der Waals surface area contributed by atoms with Gasteiger partial charge in [-0.25, -0.2) is 0 Å². The number of likely N-dealkylation sites (tertiary alicyclic amines) is 2. The van der Waals surface area contributed by atoms with Crippen LogP contribution in [0, 0.1) is 23.7 Å². The molecule has 0 unspecified atom stereocenters. The summed E-state index contributed by atoms with van der Waals surface area (Å²) in [6.07, 6.45) is 8.05. The Morgan fingerprint density at radius 3 is 1.50 bits per heavy atom. The molecule has 1 aromatic carbocycles. The molecule has 2 aliphatic rings. The van der Waals surface area contributed by atoms with Gasteiger partial charge in [0.15, 0.2) is 0 Å². The molecule has 2 heterocycles. The summed E-state index contributed by atoms with van der Waals surface area (Å²) in [5.74, 6) is 13.3. The second-order valence-corrected chi connectivity index (χ2v) is 6.86. The number of hydrogen-bond donors (Lipinski definition) is 0. The van der Waals surface area contributed by atoms with Gasteiger partial charge in [-0.3, -0.25) is 9.80 Å². The largest absolute Gasteiger partial charge is 0.292 e. The summed E-state index contributed by atoms with van der Waals surface area (Å²) in [6.45, 7) is 6.61. The van der Waals surface area contributed by atoms with E-state index in [1.54, 1.807) is 0 Å². The van der Waals surface area contributed by atoms with Crippen LogP contribution < -0.4 is 0 Å². The van der Waals surface area contributed by atoms with E-state index in [1.807, 2.05) is 0 Å². The molecule has 2 nitrogen and oxygen atoms in total. The molecule has 2 aliphatic heterocycles. The Kier molecular flexibility index (Phi) is 11.5. The third kappa shape index (κ3) is 8.03. The van der Waals surface area contributed by atoms with Crippen molar-refractivity contribution in [1.29, 1.82) is 0 Å². The summed E-state index contributed by atoms with van der Waals surface area (Å²) in [4.78, 5) is 4.91. The van der Waals surface area contributed by atoms with E-state index in [4.69, 9.17) is 0 Å². The van der Waals surface area contributed by atoms with Gasteiger partial charge in [0.2, 0.25) is 0 Å². The van der Waals surface area contributed by atoms with Crippen molar-refractivity contribution in [3.8, 4) is 23.7 Å². The number of rotatable bonds is 2. The van der Waals surface area contributed by atoms with Gasteiger partial charge in [0.1, 0.15) is 0 Å². The Labute approximate surface area is 171 Å². The van der Waals surface area contributed by atoms with E-state index in [0.29, 0.717) is 0 Å². The number of halogens is 2. The van der Waals surface area contributed by atoms with Crippen molar-refractivity contribution in [3.63, 3.8) is 0 Å². The average molecular weight is 393 g/mol. The maximum atomic E-state index is 3.33. The van der Waals surface area contributed by atoms with Crippen molar-refractivity contribution in [2.24, 2.45) is 0 Å². The Morgan fingerprint density at radius 2 is 1.08 bits per heavy atom. The van der Waals surface area contributed by atoms with Crippen LogP contribution in [-0.2, 0) is 0 Å². The molecule has 0 amide bonds. The quantitative estimate of drug-likeness (QED) is 0.695. The molecular weight excluding hydrogens is 363 g/mol. The zero-order valence-electron chi connectivity index (χ0n) is 15.5. The zero-order valence-corrected chi connectivity index (χ0v) is 17.1. The third-order valence-corrected chi connectivity index (χ3v) is 4.83. The molecule has 0 atom stereocenters. The SMILES string of the molecule is C(#Cc1cccc(C#CCN2CCCCC2)c1)CN1CCCCC1.Cl.Cl. The highest BCUT2D eigenvalue weighted by atomic mass is 35.5. The van der Waals surface area contributed by atoms with E-state index in [-0.39, 0.29) is 24.8 Å². The molecule has 2 saturated heterocycles. The summed E-state index contributed by atoms with van der Waals surface area (Å²) in [5, 5.41) is 0. The van der Waals surface area contributed by atoms with Crippen LogP contribution in [0.4, 0.5) is 0 Å². The van der Waals surface area contributed by atoms with Crippen molar-refractivity contribution in [1.82, 2.24) is 9.80 Å². The van der Waals surface area contributed by atoms with E-state index >= 15 is 0 Å². The minimum atomic E-state index is 0. The fraction of sp³-hybridized carbons (Fsp3) is 0.545. The standard InChI is InChI=1S/C22H28N2.2ClH/c1-3-14-23(15-4-1)18-8-12-21-10-7-11-22(20-21)13-9-19-24-16-5-2-6-17-24;;/h7,10-11,20H,1-6,14-19H2;2*1H. The van der Waals surface area contributed by atoms with Crippen LogP contribution in [0.25, 0.3) is 0 Å². The molecule has 0 radical (unpaired) electrons. The first-order valence-electron chi connectivity index (χ1n) is 9.43. The lowest BCUT2D eigenvalue weighted by molar-refractivity contribution is 0.255. The van der Waals surface area contributed by atoms with Gasteiger partial charge >= 0.3 is 0 Å². The third-order valence-electron chi connectivity index (χ3n) is 4.83. The predicted molar refractivity (Wildman–Crippen MR) is 115 cm³/mol. The molecule has 2 fully saturated rings. The smallest absolute Gasteiger partial charge is 0.0605 e. The van der Waals surface area contributed by atoms with E-state index in [0.717, 1.165) is 24.2 Å². The maximum Gasteiger partial charge on any atom is 0.0605 e. The monoisotopic (exact) mass is 392 g/mol. The first-order chi connectivity index (χ1) is 11.9. The van der Waals surface area contributed by atoms with Crippen LogP contribution >= 0.6 is 24.8 Å². The van der Waals surface area contributed by atoms with Crippen LogP contribution in [-0.4, -0.2) is 49.1 Å². The van der Waals surface area contributed by atoms with Gasteiger partial charge in [0.05, 0.1) is 13.1 Å². The molecule has 3 rings (SSSR count). The fourth-order valence-corrected chi connectivity index (χ4v) is 3.42. The Hall–Kier alpha value is -1.16. The average Bonchev–Trinajstić information content (AvgIpc) is 2.64.